The van der Waals surface area contributed by atoms with Crippen molar-refractivity contribution in [3.8, 4) is 0 Å². The second-order valence-corrected chi connectivity index (χ2v) is 6.78. The maximum Gasteiger partial charge on any atom is 0.326 e. The van der Waals surface area contributed by atoms with E-state index in [2.05, 4.69) is 24.5 Å². The first-order valence-electron chi connectivity index (χ1n) is 7.55. The molecule has 3 atom stereocenters. The minimum Gasteiger partial charge on any atom is -0.480 e. The molecule has 1 saturated carbocycles. The third kappa shape index (κ3) is 5.02. The summed E-state index contributed by atoms with van der Waals surface area (Å²) in [5.41, 5.74) is 0.249. The van der Waals surface area contributed by atoms with E-state index in [4.69, 9.17) is 0 Å². The zero-order chi connectivity index (χ0) is 15.3. The molecule has 20 heavy (non-hydrogen) atoms. The highest BCUT2D eigenvalue weighted by atomic mass is 16.4. The number of rotatable bonds is 5. The van der Waals surface area contributed by atoms with Crippen LogP contribution in [0, 0.1) is 11.3 Å². The molecule has 5 heteroatoms. The predicted molar refractivity (Wildman–Crippen MR) is 78.6 cm³/mol. The molecule has 116 valence electrons. The minimum absolute atomic E-state index is 0.0824. The number of carbonyl (C=O) groups is 2. The first-order valence-corrected chi connectivity index (χ1v) is 7.55. The van der Waals surface area contributed by atoms with Crippen molar-refractivity contribution in [1.29, 1.82) is 0 Å². The summed E-state index contributed by atoms with van der Waals surface area (Å²) in [6.45, 7) is 8.17. The number of aliphatic carboxylic acids is 1. The van der Waals surface area contributed by atoms with E-state index in [0.717, 1.165) is 19.3 Å². The molecule has 0 saturated heterocycles. The highest BCUT2D eigenvalue weighted by Gasteiger charge is 2.30. The SMILES string of the molecule is CC[C@H](C)[C@H](NC(=O)NC1CCCC(C)(C)C1)C(=O)O. The fourth-order valence-electron chi connectivity index (χ4n) is 2.87. The molecule has 5 nitrogen and oxygen atoms in total. The van der Waals surface area contributed by atoms with Gasteiger partial charge >= 0.3 is 12.0 Å². The smallest absolute Gasteiger partial charge is 0.326 e. The molecular weight excluding hydrogens is 256 g/mol. The van der Waals surface area contributed by atoms with Gasteiger partial charge in [-0.3, -0.25) is 0 Å². The van der Waals surface area contributed by atoms with Crippen LogP contribution in [0.3, 0.4) is 0 Å². The van der Waals surface area contributed by atoms with E-state index in [1.54, 1.807) is 0 Å². The van der Waals surface area contributed by atoms with E-state index in [1.165, 1.54) is 6.42 Å². The summed E-state index contributed by atoms with van der Waals surface area (Å²) in [5, 5.41) is 14.7. The predicted octanol–water partition coefficient (Wildman–Crippen LogP) is 2.75. The van der Waals surface area contributed by atoms with Crippen LogP contribution in [0.15, 0.2) is 0 Å². The van der Waals surface area contributed by atoms with Crippen LogP contribution < -0.4 is 10.6 Å². The molecule has 1 unspecified atom stereocenters. The lowest BCUT2D eigenvalue weighted by molar-refractivity contribution is -0.140. The lowest BCUT2D eigenvalue weighted by Crippen LogP contribution is -2.52. The highest BCUT2D eigenvalue weighted by Crippen LogP contribution is 2.34. The molecule has 1 aliphatic rings. The average Bonchev–Trinajstić information content (AvgIpc) is 2.33. The van der Waals surface area contributed by atoms with E-state index in [-0.39, 0.29) is 23.4 Å². The number of amides is 2. The molecule has 2 amide bonds. The molecule has 1 aliphatic carbocycles. The van der Waals surface area contributed by atoms with Gasteiger partial charge in [0.25, 0.3) is 0 Å². The van der Waals surface area contributed by atoms with E-state index in [9.17, 15) is 14.7 Å². The third-order valence-corrected chi connectivity index (χ3v) is 4.31. The van der Waals surface area contributed by atoms with Crippen molar-refractivity contribution < 1.29 is 14.7 Å². The summed E-state index contributed by atoms with van der Waals surface area (Å²) in [6, 6.07) is -1.04. The first kappa shape index (κ1) is 16.8. The number of nitrogens with one attached hydrogen (secondary N) is 2. The molecule has 1 rings (SSSR count). The van der Waals surface area contributed by atoms with Gasteiger partial charge in [0.2, 0.25) is 0 Å². The summed E-state index contributed by atoms with van der Waals surface area (Å²) in [5.74, 6) is -1.06. The average molecular weight is 284 g/mol. The van der Waals surface area contributed by atoms with Gasteiger partial charge in [-0.25, -0.2) is 9.59 Å². The van der Waals surface area contributed by atoms with Gasteiger partial charge in [0.15, 0.2) is 0 Å². The molecule has 0 bridgehead atoms. The molecule has 0 aromatic carbocycles. The van der Waals surface area contributed by atoms with Crippen LogP contribution in [-0.2, 0) is 4.79 Å². The van der Waals surface area contributed by atoms with E-state index in [0.29, 0.717) is 6.42 Å². The van der Waals surface area contributed by atoms with Crippen molar-refractivity contribution in [2.75, 3.05) is 0 Å². The fourth-order valence-corrected chi connectivity index (χ4v) is 2.87. The Balaban J connectivity index is 2.51. The Morgan fingerprint density at radius 1 is 1.40 bits per heavy atom. The van der Waals surface area contributed by atoms with E-state index in [1.807, 2.05) is 13.8 Å². The van der Waals surface area contributed by atoms with Crippen LogP contribution in [-0.4, -0.2) is 29.2 Å². The van der Waals surface area contributed by atoms with Crippen molar-refractivity contribution in [1.82, 2.24) is 10.6 Å². The van der Waals surface area contributed by atoms with Gasteiger partial charge < -0.3 is 15.7 Å². The van der Waals surface area contributed by atoms with Crippen molar-refractivity contribution in [2.24, 2.45) is 11.3 Å². The summed E-state index contributed by atoms with van der Waals surface area (Å²) in [4.78, 5) is 23.2. The quantitative estimate of drug-likeness (QED) is 0.726. The zero-order valence-electron chi connectivity index (χ0n) is 13.0. The molecule has 0 radical (unpaired) electrons. The maximum atomic E-state index is 12.0. The summed E-state index contributed by atoms with van der Waals surface area (Å²) >= 11 is 0. The Hall–Kier alpha value is -1.26. The Morgan fingerprint density at radius 3 is 2.55 bits per heavy atom. The normalized spacial score (nSPS) is 24.5. The molecule has 0 spiro atoms. The summed E-state index contributed by atoms with van der Waals surface area (Å²) in [6.07, 6.45) is 4.91. The third-order valence-electron chi connectivity index (χ3n) is 4.31. The molecule has 0 aromatic rings. The summed E-state index contributed by atoms with van der Waals surface area (Å²) < 4.78 is 0. The fraction of sp³-hybridized carbons (Fsp3) is 0.867. The highest BCUT2D eigenvalue weighted by molar-refractivity contribution is 5.82. The Kier molecular flexibility index (Phi) is 5.84. The van der Waals surface area contributed by atoms with Crippen LogP contribution in [0.2, 0.25) is 0 Å². The molecule has 0 heterocycles. The molecule has 1 fully saturated rings. The van der Waals surface area contributed by atoms with Gasteiger partial charge in [0.05, 0.1) is 0 Å². The monoisotopic (exact) mass is 284 g/mol. The van der Waals surface area contributed by atoms with Gasteiger partial charge in [0, 0.05) is 6.04 Å². The Bertz CT molecular complexity index is 355. The lowest BCUT2D eigenvalue weighted by Gasteiger charge is -2.35. The van der Waals surface area contributed by atoms with Gasteiger partial charge in [-0.05, 0) is 30.6 Å². The topological polar surface area (TPSA) is 78.4 Å². The second kappa shape index (κ2) is 6.95. The van der Waals surface area contributed by atoms with Crippen molar-refractivity contribution in [2.45, 2.75) is 71.9 Å². The number of hydrogen-bond donors (Lipinski definition) is 3. The standard InChI is InChI=1S/C15H28N2O3/c1-5-10(2)12(13(18)19)17-14(20)16-11-7-6-8-15(3,4)9-11/h10-12H,5-9H2,1-4H3,(H,18,19)(H2,16,17,20)/t10-,11?,12-/m0/s1. The largest absolute Gasteiger partial charge is 0.480 e. The molecular formula is C15H28N2O3. The van der Waals surface area contributed by atoms with Crippen molar-refractivity contribution >= 4 is 12.0 Å². The molecule has 3 N–H and O–H groups in total. The van der Waals surface area contributed by atoms with Gasteiger partial charge in [-0.2, -0.15) is 0 Å². The van der Waals surface area contributed by atoms with Gasteiger partial charge in [-0.15, -0.1) is 0 Å². The van der Waals surface area contributed by atoms with E-state index >= 15 is 0 Å². The van der Waals surface area contributed by atoms with Crippen LogP contribution in [0.1, 0.15) is 59.8 Å². The van der Waals surface area contributed by atoms with Crippen LogP contribution in [0.4, 0.5) is 4.79 Å². The van der Waals surface area contributed by atoms with Crippen molar-refractivity contribution in [3.63, 3.8) is 0 Å². The Labute approximate surface area is 121 Å². The number of urea groups is 1. The summed E-state index contributed by atoms with van der Waals surface area (Å²) in [7, 11) is 0. The van der Waals surface area contributed by atoms with E-state index < -0.39 is 12.0 Å². The van der Waals surface area contributed by atoms with Gasteiger partial charge in [0.1, 0.15) is 6.04 Å². The zero-order valence-corrected chi connectivity index (χ0v) is 13.0. The van der Waals surface area contributed by atoms with Crippen LogP contribution in [0.25, 0.3) is 0 Å². The maximum absolute atomic E-state index is 12.0. The Morgan fingerprint density at radius 2 is 2.05 bits per heavy atom. The number of carbonyl (C=O) groups excluding carboxylic acids is 1. The molecule has 0 aliphatic heterocycles. The minimum atomic E-state index is -0.974. The molecule has 0 aromatic heterocycles. The van der Waals surface area contributed by atoms with Crippen molar-refractivity contribution in [3.05, 3.63) is 0 Å². The second-order valence-electron chi connectivity index (χ2n) is 6.78. The number of carboxylic acid groups (broad SMARTS) is 1. The van der Waals surface area contributed by atoms with Gasteiger partial charge in [-0.1, -0.05) is 40.5 Å². The number of carboxylic acids is 1. The first-order chi connectivity index (χ1) is 9.25. The van der Waals surface area contributed by atoms with Crippen LogP contribution in [0.5, 0.6) is 0 Å². The van der Waals surface area contributed by atoms with Crippen LogP contribution >= 0.6 is 0 Å². The number of hydrogen-bond acceptors (Lipinski definition) is 2. The lowest BCUT2D eigenvalue weighted by atomic mass is 9.75.